The van der Waals surface area contributed by atoms with Gasteiger partial charge in [-0.25, -0.2) is 4.98 Å². The minimum atomic E-state index is -0.488. The average Bonchev–Trinajstić information content (AvgIpc) is 3.03. The molecule has 0 bridgehead atoms. The summed E-state index contributed by atoms with van der Waals surface area (Å²) < 4.78 is 5.37. The van der Waals surface area contributed by atoms with E-state index < -0.39 is 11.5 Å². The van der Waals surface area contributed by atoms with Crippen molar-refractivity contribution >= 4 is 22.4 Å². The third-order valence-corrected chi connectivity index (χ3v) is 4.41. The SMILES string of the molecule is COc1ccc(C)cc1-c1csc(NC(=O)c2ccc(C)[nH]c2=O)n1. The predicted octanol–water partition coefficient (Wildman–Crippen LogP) is 3.38. The van der Waals surface area contributed by atoms with Crippen molar-refractivity contribution in [1.82, 2.24) is 9.97 Å². The van der Waals surface area contributed by atoms with Gasteiger partial charge in [0.25, 0.3) is 11.5 Å². The summed E-state index contributed by atoms with van der Waals surface area (Å²) in [6, 6.07) is 9.00. The second-order valence-electron chi connectivity index (χ2n) is 5.58. The van der Waals surface area contributed by atoms with Gasteiger partial charge < -0.3 is 9.72 Å². The van der Waals surface area contributed by atoms with E-state index in [2.05, 4.69) is 15.3 Å². The van der Waals surface area contributed by atoms with E-state index in [4.69, 9.17) is 4.74 Å². The quantitative estimate of drug-likeness (QED) is 0.751. The minimum absolute atomic E-state index is 0.0514. The van der Waals surface area contributed by atoms with Crippen LogP contribution in [0.2, 0.25) is 0 Å². The van der Waals surface area contributed by atoms with E-state index in [1.54, 1.807) is 20.1 Å². The molecule has 7 heteroatoms. The Morgan fingerprint density at radius 3 is 2.76 bits per heavy atom. The number of nitrogens with zero attached hydrogens (tertiary/aromatic N) is 1. The average molecular weight is 355 g/mol. The van der Waals surface area contributed by atoms with Crippen molar-refractivity contribution < 1.29 is 9.53 Å². The number of carbonyl (C=O) groups is 1. The monoisotopic (exact) mass is 355 g/mol. The summed E-state index contributed by atoms with van der Waals surface area (Å²) in [5.41, 5.74) is 2.97. The molecule has 128 valence electrons. The number of H-pyrrole nitrogens is 1. The van der Waals surface area contributed by atoms with Gasteiger partial charge in [-0.3, -0.25) is 14.9 Å². The van der Waals surface area contributed by atoms with Gasteiger partial charge in [0.15, 0.2) is 5.13 Å². The van der Waals surface area contributed by atoms with Crippen LogP contribution in [0.1, 0.15) is 21.6 Å². The number of hydrogen-bond donors (Lipinski definition) is 2. The molecule has 2 N–H and O–H groups in total. The highest BCUT2D eigenvalue weighted by Crippen LogP contribution is 2.33. The molecular formula is C18H17N3O3S. The molecule has 3 rings (SSSR count). The Balaban J connectivity index is 1.86. The second kappa shape index (κ2) is 6.90. The van der Waals surface area contributed by atoms with Crippen molar-refractivity contribution in [2.24, 2.45) is 0 Å². The first-order valence-corrected chi connectivity index (χ1v) is 8.47. The lowest BCUT2D eigenvalue weighted by Gasteiger charge is -2.07. The molecule has 0 saturated heterocycles. The highest BCUT2D eigenvalue weighted by Gasteiger charge is 2.15. The number of rotatable bonds is 4. The van der Waals surface area contributed by atoms with Gasteiger partial charge in [-0.15, -0.1) is 11.3 Å². The molecule has 0 aliphatic carbocycles. The van der Waals surface area contributed by atoms with Crippen LogP contribution in [-0.2, 0) is 0 Å². The Kier molecular flexibility index (Phi) is 4.67. The van der Waals surface area contributed by atoms with E-state index in [1.807, 2.05) is 30.5 Å². The molecule has 0 fully saturated rings. The summed E-state index contributed by atoms with van der Waals surface area (Å²) in [7, 11) is 1.60. The summed E-state index contributed by atoms with van der Waals surface area (Å²) in [6.07, 6.45) is 0. The number of ether oxygens (including phenoxy) is 1. The number of benzene rings is 1. The van der Waals surface area contributed by atoms with Crippen molar-refractivity contribution in [2.75, 3.05) is 12.4 Å². The molecule has 0 atom stereocenters. The fourth-order valence-electron chi connectivity index (χ4n) is 2.39. The number of aryl methyl sites for hydroxylation is 2. The molecule has 0 radical (unpaired) electrons. The number of pyridine rings is 1. The highest BCUT2D eigenvalue weighted by atomic mass is 32.1. The van der Waals surface area contributed by atoms with Crippen LogP contribution in [0.3, 0.4) is 0 Å². The number of methoxy groups -OCH3 is 1. The van der Waals surface area contributed by atoms with Crippen LogP contribution in [0.5, 0.6) is 5.75 Å². The maximum Gasteiger partial charge on any atom is 0.263 e. The van der Waals surface area contributed by atoms with Gasteiger partial charge in [-0.1, -0.05) is 11.6 Å². The molecule has 0 spiro atoms. The third-order valence-electron chi connectivity index (χ3n) is 3.66. The number of hydrogen-bond acceptors (Lipinski definition) is 5. The van der Waals surface area contributed by atoms with Gasteiger partial charge in [0.05, 0.1) is 12.8 Å². The largest absolute Gasteiger partial charge is 0.496 e. The lowest BCUT2D eigenvalue weighted by molar-refractivity contribution is 0.102. The van der Waals surface area contributed by atoms with Gasteiger partial charge in [0.1, 0.15) is 11.3 Å². The zero-order valence-corrected chi connectivity index (χ0v) is 14.9. The predicted molar refractivity (Wildman–Crippen MR) is 98.6 cm³/mol. The molecule has 0 aliphatic heterocycles. The molecule has 6 nitrogen and oxygen atoms in total. The van der Waals surface area contributed by atoms with Gasteiger partial charge in [0, 0.05) is 16.6 Å². The fraction of sp³-hybridized carbons (Fsp3) is 0.167. The van der Waals surface area contributed by atoms with Crippen LogP contribution in [-0.4, -0.2) is 23.0 Å². The van der Waals surface area contributed by atoms with E-state index in [-0.39, 0.29) is 5.56 Å². The molecule has 25 heavy (non-hydrogen) atoms. The van der Waals surface area contributed by atoms with Crippen LogP contribution in [0, 0.1) is 13.8 Å². The number of amides is 1. The van der Waals surface area contributed by atoms with Gasteiger partial charge >= 0.3 is 0 Å². The maximum absolute atomic E-state index is 12.3. The van der Waals surface area contributed by atoms with Crippen molar-refractivity contribution in [1.29, 1.82) is 0 Å². The topological polar surface area (TPSA) is 84.1 Å². The van der Waals surface area contributed by atoms with E-state index in [0.29, 0.717) is 22.3 Å². The Bertz CT molecular complexity index is 991. The molecule has 0 aliphatic rings. The first kappa shape index (κ1) is 16.9. The van der Waals surface area contributed by atoms with Crippen molar-refractivity contribution in [2.45, 2.75) is 13.8 Å². The maximum atomic E-state index is 12.3. The summed E-state index contributed by atoms with van der Waals surface area (Å²) in [6.45, 7) is 3.74. The zero-order chi connectivity index (χ0) is 18.0. The summed E-state index contributed by atoms with van der Waals surface area (Å²) in [4.78, 5) is 31.2. The van der Waals surface area contributed by atoms with E-state index in [0.717, 1.165) is 11.1 Å². The summed E-state index contributed by atoms with van der Waals surface area (Å²) >= 11 is 1.29. The fourth-order valence-corrected chi connectivity index (χ4v) is 3.10. The Morgan fingerprint density at radius 2 is 2.04 bits per heavy atom. The molecule has 1 amide bonds. The van der Waals surface area contributed by atoms with Crippen LogP contribution < -0.4 is 15.6 Å². The standard InChI is InChI=1S/C18H17N3O3S/c1-10-4-7-15(24-3)13(8-10)14-9-25-18(20-14)21-17(23)12-6-5-11(2)19-16(12)22/h4-9H,1-3H3,(H,19,22)(H,20,21,23). The minimum Gasteiger partial charge on any atom is -0.496 e. The Hall–Kier alpha value is -2.93. The smallest absolute Gasteiger partial charge is 0.263 e. The van der Waals surface area contributed by atoms with Gasteiger partial charge in [-0.05, 0) is 38.1 Å². The molecule has 2 aromatic heterocycles. The lowest BCUT2D eigenvalue weighted by Crippen LogP contribution is -2.23. The van der Waals surface area contributed by atoms with Crippen LogP contribution in [0.15, 0.2) is 40.5 Å². The molecule has 0 unspecified atom stereocenters. The number of anilines is 1. The number of thiazole rings is 1. The second-order valence-corrected chi connectivity index (χ2v) is 6.44. The van der Waals surface area contributed by atoms with Crippen molar-refractivity contribution in [3.05, 3.63) is 62.9 Å². The highest BCUT2D eigenvalue weighted by molar-refractivity contribution is 7.14. The molecular weight excluding hydrogens is 338 g/mol. The summed E-state index contributed by atoms with van der Waals surface area (Å²) in [5.74, 6) is 0.224. The normalized spacial score (nSPS) is 10.5. The molecule has 3 aromatic rings. The Labute approximate surface area is 148 Å². The zero-order valence-electron chi connectivity index (χ0n) is 14.0. The number of aromatic amines is 1. The molecule has 1 aromatic carbocycles. The number of carbonyl (C=O) groups excluding carboxylic acids is 1. The van der Waals surface area contributed by atoms with Crippen molar-refractivity contribution in [3.8, 4) is 17.0 Å². The van der Waals surface area contributed by atoms with Crippen LogP contribution in [0.25, 0.3) is 11.3 Å². The van der Waals surface area contributed by atoms with Crippen LogP contribution >= 0.6 is 11.3 Å². The number of aromatic nitrogens is 2. The Morgan fingerprint density at radius 1 is 1.24 bits per heavy atom. The first-order valence-electron chi connectivity index (χ1n) is 7.60. The molecule has 2 heterocycles. The number of nitrogens with one attached hydrogen (secondary N) is 2. The van der Waals surface area contributed by atoms with Crippen molar-refractivity contribution in [3.63, 3.8) is 0 Å². The lowest BCUT2D eigenvalue weighted by atomic mass is 10.1. The van der Waals surface area contributed by atoms with Gasteiger partial charge in [-0.2, -0.15) is 0 Å². The van der Waals surface area contributed by atoms with Gasteiger partial charge in [0.2, 0.25) is 0 Å². The summed E-state index contributed by atoms with van der Waals surface area (Å²) in [5, 5.41) is 4.93. The van der Waals surface area contributed by atoms with Crippen LogP contribution in [0.4, 0.5) is 5.13 Å². The van der Waals surface area contributed by atoms with E-state index in [1.165, 1.54) is 17.4 Å². The van der Waals surface area contributed by atoms with E-state index in [9.17, 15) is 9.59 Å². The third kappa shape index (κ3) is 3.61. The first-order chi connectivity index (χ1) is 12.0. The molecule has 0 saturated carbocycles. The van der Waals surface area contributed by atoms with E-state index >= 15 is 0 Å².